The summed E-state index contributed by atoms with van der Waals surface area (Å²) in [5, 5.41) is 0. The molecule has 0 atom stereocenters. The molecule has 1 rings (SSSR count). The summed E-state index contributed by atoms with van der Waals surface area (Å²) in [6, 6.07) is 0.231. The van der Waals surface area contributed by atoms with E-state index in [-0.39, 0.29) is 12.0 Å². The molecule has 0 amide bonds. The summed E-state index contributed by atoms with van der Waals surface area (Å²) in [5.41, 5.74) is 5.71. The zero-order chi connectivity index (χ0) is 9.19. The normalized spacial score (nSPS) is 36.1. The molecule has 4 heteroatoms. The van der Waals surface area contributed by atoms with Gasteiger partial charge in [0.05, 0.1) is 7.11 Å². The first-order valence-corrected chi connectivity index (χ1v) is 4.59. The lowest BCUT2D eigenvalue weighted by Crippen LogP contribution is -2.41. The molecule has 0 aromatic carbocycles. The second-order valence-electron chi connectivity index (χ2n) is 3.36. The number of hydrogen-bond donors (Lipinski definition) is 2. The maximum Gasteiger partial charge on any atom is 0.321 e. The highest BCUT2D eigenvalue weighted by molar-refractivity contribution is 7.82. The van der Waals surface area contributed by atoms with Crippen molar-refractivity contribution >= 4 is 18.6 Å². The molecule has 1 fully saturated rings. The predicted octanol–water partition coefficient (Wildman–Crippen LogP) is 0.729. The van der Waals surface area contributed by atoms with E-state index in [0.717, 1.165) is 25.7 Å². The van der Waals surface area contributed by atoms with Gasteiger partial charge in [-0.3, -0.25) is 4.79 Å². The van der Waals surface area contributed by atoms with Gasteiger partial charge in [0.2, 0.25) is 0 Å². The average molecular weight is 189 g/mol. The smallest absolute Gasteiger partial charge is 0.321 e. The van der Waals surface area contributed by atoms with Gasteiger partial charge in [0, 0.05) is 6.04 Å². The van der Waals surface area contributed by atoms with Gasteiger partial charge in [-0.25, -0.2) is 0 Å². The van der Waals surface area contributed by atoms with Crippen molar-refractivity contribution in [1.82, 2.24) is 0 Å². The Morgan fingerprint density at radius 1 is 1.58 bits per heavy atom. The van der Waals surface area contributed by atoms with Crippen molar-refractivity contribution in [2.75, 3.05) is 7.11 Å². The van der Waals surface area contributed by atoms with Gasteiger partial charge in [-0.2, -0.15) is 12.6 Å². The Kier molecular flexibility index (Phi) is 3.01. The molecule has 0 aromatic rings. The fourth-order valence-electron chi connectivity index (χ4n) is 1.51. The Balaban J connectivity index is 2.55. The van der Waals surface area contributed by atoms with Crippen molar-refractivity contribution in [1.29, 1.82) is 0 Å². The first-order valence-electron chi connectivity index (χ1n) is 4.15. The van der Waals surface area contributed by atoms with Gasteiger partial charge in [0.25, 0.3) is 0 Å². The van der Waals surface area contributed by atoms with E-state index in [1.807, 2.05) is 0 Å². The molecule has 70 valence electrons. The maximum atomic E-state index is 11.3. The van der Waals surface area contributed by atoms with Crippen LogP contribution in [0.15, 0.2) is 0 Å². The lowest BCUT2D eigenvalue weighted by Gasteiger charge is -2.32. The summed E-state index contributed by atoms with van der Waals surface area (Å²) in [5.74, 6) is -0.224. The van der Waals surface area contributed by atoms with Gasteiger partial charge < -0.3 is 10.5 Å². The number of carbonyl (C=O) groups is 1. The van der Waals surface area contributed by atoms with Crippen LogP contribution in [0.25, 0.3) is 0 Å². The summed E-state index contributed by atoms with van der Waals surface area (Å²) >= 11 is 4.34. The Morgan fingerprint density at radius 3 is 2.50 bits per heavy atom. The summed E-state index contributed by atoms with van der Waals surface area (Å²) in [6.07, 6.45) is 3.17. The number of hydrogen-bond acceptors (Lipinski definition) is 4. The Hall–Kier alpha value is -0.220. The fraction of sp³-hybridized carbons (Fsp3) is 0.875. The fourth-order valence-corrected chi connectivity index (χ4v) is 1.86. The first kappa shape index (κ1) is 9.86. The lowest BCUT2D eigenvalue weighted by atomic mass is 9.85. The third-order valence-electron chi connectivity index (χ3n) is 2.42. The summed E-state index contributed by atoms with van der Waals surface area (Å²) < 4.78 is 4.09. The van der Waals surface area contributed by atoms with E-state index in [2.05, 4.69) is 17.4 Å². The van der Waals surface area contributed by atoms with Crippen LogP contribution in [0.3, 0.4) is 0 Å². The van der Waals surface area contributed by atoms with Gasteiger partial charge in [0.15, 0.2) is 0 Å². The van der Waals surface area contributed by atoms with E-state index < -0.39 is 4.75 Å². The van der Waals surface area contributed by atoms with E-state index in [1.54, 1.807) is 0 Å². The molecule has 12 heavy (non-hydrogen) atoms. The first-order chi connectivity index (χ1) is 5.58. The van der Waals surface area contributed by atoms with Crippen LogP contribution in [0, 0.1) is 0 Å². The highest BCUT2D eigenvalue weighted by Gasteiger charge is 2.38. The van der Waals surface area contributed by atoms with Crippen molar-refractivity contribution in [3.63, 3.8) is 0 Å². The largest absolute Gasteiger partial charge is 0.468 e. The molecule has 0 unspecified atom stereocenters. The Bertz CT molecular complexity index is 176. The van der Waals surface area contributed by atoms with E-state index in [9.17, 15) is 4.79 Å². The number of methoxy groups -OCH3 is 1. The molecular weight excluding hydrogens is 174 g/mol. The monoisotopic (exact) mass is 189 g/mol. The molecule has 0 radical (unpaired) electrons. The van der Waals surface area contributed by atoms with Crippen LogP contribution >= 0.6 is 12.6 Å². The predicted molar refractivity (Wildman–Crippen MR) is 50.2 cm³/mol. The standard InChI is InChI=1S/C8H15NO2S/c1-11-7(10)8(12)4-2-6(9)3-5-8/h6,12H,2-5,9H2,1H3. The molecule has 0 saturated heterocycles. The minimum absolute atomic E-state index is 0.224. The molecule has 0 heterocycles. The summed E-state index contributed by atoms with van der Waals surface area (Å²) in [6.45, 7) is 0. The van der Waals surface area contributed by atoms with E-state index in [4.69, 9.17) is 5.73 Å². The van der Waals surface area contributed by atoms with Crippen LogP contribution in [-0.4, -0.2) is 23.9 Å². The third-order valence-corrected chi connectivity index (χ3v) is 3.05. The van der Waals surface area contributed by atoms with Gasteiger partial charge in [-0.05, 0) is 25.7 Å². The molecule has 2 N–H and O–H groups in total. The van der Waals surface area contributed by atoms with Gasteiger partial charge >= 0.3 is 5.97 Å². The third kappa shape index (κ3) is 1.93. The zero-order valence-corrected chi connectivity index (χ0v) is 8.14. The molecule has 3 nitrogen and oxygen atoms in total. The number of ether oxygens (including phenoxy) is 1. The lowest BCUT2D eigenvalue weighted by molar-refractivity contribution is -0.144. The van der Waals surface area contributed by atoms with Crippen LogP contribution in [0.1, 0.15) is 25.7 Å². The highest BCUT2D eigenvalue weighted by atomic mass is 32.1. The molecule has 0 spiro atoms. The number of carbonyl (C=O) groups excluding carboxylic acids is 1. The summed E-state index contributed by atoms with van der Waals surface area (Å²) in [7, 11) is 1.40. The van der Waals surface area contributed by atoms with Crippen LogP contribution in [0.2, 0.25) is 0 Å². The van der Waals surface area contributed by atoms with Crippen LogP contribution in [0.4, 0.5) is 0 Å². The molecule has 0 aromatic heterocycles. The maximum absolute atomic E-state index is 11.3. The van der Waals surface area contributed by atoms with Gasteiger partial charge in [-0.15, -0.1) is 0 Å². The van der Waals surface area contributed by atoms with E-state index in [0.29, 0.717) is 0 Å². The number of rotatable bonds is 1. The van der Waals surface area contributed by atoms with Gasteiger partial charge in [0.1, 0.15) is 4.75 Å². The molecule has 0 aliphatic heterocycles. The van der Waals surface area contributed by atoms with Crippen LogP contribution in [0.5, 0.6) is 0 Å². The quantitative estimate of drug-likeness (QED) is 0.472. The Labute approximate surface area is 78.1 Å². The topological polar surface area (TPSA) is 52.3 Å². The Morgan fingerprint density at radius 2 is 2.08 bits per heavy atom. The SMILES string of the molecule is COC(=O)C1(S)CCC(N)CC1. The number of thiol groups is 1. The highest BCUT2D eigenvalue weighted by Crippen LogP contribution is 2.34. The second kappa shape index (κ2) is 3.66. The zero-order valence-electron chi connectivity index (χ0n) is 7.25. The van der Waals surface area contributed by atoms with Crippen molar-refractivity contribution < 1.29 is 9.53 Å². The number of esters is 1. The molecular formula is C8H15NO2S. The molecule has 1 aliphatic carbocycles. The average Bonchev–Trinajstić information content (AvgIpc) is 2.09. The molecule has 1 saturated carbocycles. The van der Waals surface area contributed by atoms with Gasteiger partial charge in [-0.1, -0.05) is 0 Å². The van der Waals surface area contributed by atoms with Crippen molar-refractivity contribution in [2.45, 2.75) is 36.5 Å². The second-order valence-corrected chi connectivity index (χ2v) is 4.22. The number of nitrogens with two attached hydrogens (primary N) is 1. The minimum atomic E-state index is -0.579. The molecule has 1 aliphatic rings. The summed E-state index contributed by atoms with van der Waals surface area (Å²) in [4.78, 5) is 11.3. The van der Waals surface area contributed by atoms with Crippen molar-refractivity contribution in [3.05, 3.63) is 0 Å². The molecule has 0 bridgehead atoms. The van der Waals surface area contributed by atoms with Crippen molar-refractivity contribution in [2.24, 2.45) is 5.73 Å². The van der Waals surface area contributed by atoms with E-state index >= 15 is 0 Å². The van der Waals surface area contributed by atoms with Crippen LogP contribution in [-0.2, 0) is 9.53 Å². The van der Waals surface area contributed by atoms with E-state index in [1.165, 1.54) is 7.11 Å². The minimum Gasteiger partial charge on any atom is -0.468 e. The van der Waals surface area contributed by atoms with Crippen molar-refractivity contribution in [3.8, 4) is 0 Å². The van der Waals surface area contributed by atoms with Crippen LogP contribution < -0.4 is 5.73 Å².